The summed E-state index contributed by atoms with van der Waals surface area (Å²) in [5.74, 6) is 1.14. The van der Waals surface area contributed by atoms with Gasteiger partial charge >= 0.3 is 0 Å². The second-order valence-corrected chi connectivity index (χ2v) is 10.3. The van der Waals surface area contributed by atoms with Crippen LogP contribution in [0.2, 0.25) is 0 Å². The molecule has 0 bridgehead atoms. The first kappa shape index (κ1) is 24.9. The van der Waals surface area contributed by atoms with Gasteiger partial charge in [0.25, 0.3) is 0 Å². The summed E-state index contributed by atoms with van der Waals surface area (Å²) in [4.78, 5) is 5.95. The Morgan fingerprint density at radius 2 is 1.66 bits per heavy atom. The summed E-state index contributed by atoms with van der Waals surface area (Å²) in [5, 5.41) is 12.8. The fourth-order valence-corrected chi connectivity index (χ4v) is 5.87. The molecule has 32 heavy (non-hydrogen) atoms. The van der Waals surface area contributed by atoms with Crippen molar-refractivity contribution in [3.8, 4) is 5.75 Å². The Morgan fingerprint density at radius 1 is 1.03 bits per heavy atom. The van der Waals surface area contributed by atoms with Gasteiger partial charge in [-0.2, -0.15) is 0 Å². The third-order valence-corrected chi connectivity index (χ3v) is 7.44. The summed E-state index contributed by atoms with van der Waals surface area (Å²) in [6.45, 7) is 2.43. The number of thiazole rings is 1. The van der Waals surface area contributed by atoms with E-state index in [4.69, 9.17) is 9.72 Å². The molecule has 1 atom stereocenters. The molecule has 0 spiro atoms. The standard InChI is InChI=1S/C26H33N2O2S.BrH/c1-28(2,17-18-30-23-15-7-4-8-16-23)20-24-19-27-25(31-24)26(29,22-13-9-10-14-22)21-11-5-3-6-12-21;/h3-8,11-12,15-16,19,22,29H,9-10,13-14,17-18,20H2,1-2H3;1H/q+1;/p-1. The topological polar surface area (TPSA) is 42.4 Å². The van der Waals surface area contributed by atoms with E-state index in [0.29, 0.717) is 6.61 Å². The Balaban J connectivity index is 0.00000289. The number of para-hydroxylation sites is 1. The predicted octanol–water partition coefficient (Wildman–Crippen LogP) is 2.23. The summed E-state index contributed by atoms with van der Waals surface area (Å²) < 4.78 is 6.70. The Labute approximate surface area is 206 Å². The summed E-state index contributed by atoms with van der Waals surface area (Å²) in [6.07, 6.45) is 6.44. The van der Waals surface area contributed by atoms with Crippen LogP contribution < -0.4 is 21.7 Å². The highest BCUT2D eigenvalue weighted by Gasteiger charge is 2.44. The monoisotopic (exact) mass is 516 g/mol. The number of hydrogen-bond acceptors (Lipinski definition) is 4. The van der Waals surface area contributed by atoms with E-state index in [0.717, 1.165) is 46.7 Å². The number of aliphatic hydroxyl groups is 1. The molecule has 3 aromatic rings. The van der Waals surface area contributed by atoms with Crippen LogP contribution in [0.3, 0.4) is 0 Å². The molecule has 6 heteroatoms. The quantitative estimate of drug-likeness (QED) is 0.443. The molecule has 1 unspecified atom stereocenters. The van der Waals surface area contributed by atoms with Gasteiger partial charge < -0.3 is 31.3 Å². The van der Waals surface area contributed by atoms with Crippen LogP contribution in [-0.2, 0) is 12.1 Å². The number of nitrogens with zero attached hydrogens (tertiary/aromatic N) is 2. The maximum Gasteiger partial charge on any atom is 0.144 e. The minimum absolute atomic E-state index is 0. The molecule has 1 aliphatic rings. The van der Waals surface area contributed by atoms with Crippen LogP contribution >= 0.6 is 11.3 Å². The van der Waals surface area contributed by atoms with Gasteiger partial charge in [-0.3, -0.25) is 0 Å². The lowest BCUT2D eigenvalue weighted by atomic mass is 9.80. The van der Waals surface area contributed by atoms with E-state index in [1.165, 1.54) is 17.7 Å². The fraction of sp³-hybridized carbons (Fsp3) is 0.423. The highest BCUT2D eigenvalue weighted by molar-refractivity contribution is 7.11. The maximum atomic E-state index is 12.0. The van der Waals surface area contributed by atoms with Crippen molar-refractivity contribution in [2.75, 3.05) is 27.2 Å². The highest BCUT2D eigenvalue weighted by atomic mass is 79.9. The lowest BCUT2D eigenvalue weighted by Crippen LogP contribution is -3.00. The zero-order chi connectivity index (χ0) is 21.7. The van der Waals surface area contributed by atoms with Crippen LogP contribution in [0.15, 0.2) is 66.9 Å². The Hall–Kier alpha value is -1.73. The minimum atomic E-state index is -0.992. The van der Waals surface area contributed by atoms with Crippen molar-refractivity contribution in [2.24, 2.45) is 5.92 Å². The molecule has 0 saturated heterocycles. The first-order chi connectivity index (χ1) is 15.0. The first-order valence-corrected chi connectivity index (χ1v) is 12.0. The molecule has 1 aromatic heterocycles. The Morgan fingerprint density at radius 3 is 2.31 bits per heavy atom. The number of benzene rings is 2. The van der Waals surface area contributed by atoms with Gasteiger partial charge in [0.15, 0.2) is 0 Å². The third kappa shape index (κ3) is 5.79. The lowest BCUT2D eigenvalue weighted by Gasteiger charge is -2.33. The van der Waals surface area contributed by atoms with Gasteiger partial charge in [0.05, 0.1) is 19.0 Å². The van der Waals surface area contributed by atoms with E-state index >= 15 is 0 Å². The lowest BCUT2D eigenvalue weighted by molar-refractivity contribution is -0.903. The van der Waals surface area contributed by atoms with Crippen molar-refractivity contribution in [3.05, 3.63) is 82.3 Å². The summed E-state index contributed by atoms with van der Waals surface area (Å²) >= 11 is 1.66. The molecule has 0 radical (unpaired) electrons. The number of ether oxygens (including phenoxy) is 1. The molecule has 1 N–H and O–H groups in total. The van der Waals surface area contributed by atoms with Crippen LogP contribution in [0, 0.1) is 5.92 Å². The number of quaternary nitrogens is 1. The first-order valence-electron chi connectivity index (χ1n) is 11.2. The molecule has 1 saturated carbocycles. The van der Waals surface area contributed by atoms with Crippen LogP contribution in [0.4, 0.5) is 0 Å². The average molecular weight is 518 g/mol. The summed E-state index contributed by atoms with van der Waals surface area (Å²) in [7, 11) is 4.43. The van der Waals surface area contributed by atoms with Gasteiger partial charge in [0.1, 0.15) is 36.1 Å². The molecular formula is C26H33BrN2O2S. The van der Waals surface area contributed by atoms with Crippen LogP contribution in [-0.4, -0.2) is 41.8 Å². The van der Waals surface area contributed by atoms with E-state index < -0.39 is 5.60 Å². The zero-order valence-corrected chi connectivity index (χ0v) is 21.3. The number of rotatable bonds is 9. The number of halogens is 1. The second kappa shape index (κ2) is 10.9. The fourth-order valence-electron chi connectivity index (χ4n) is 4.55. The van der Waals surface area contributed by atoms with Crippen molar-refractivity contribution >= 4 is 11.3 Å². The number of hydrogen-bond donors (Lipinski definition) is 1. The molecule has 4 nitrogen and oxygen atoms in total. The van der Waals surface area contributed by atoms with Crippen molar-refractivity contribution in [3.63, 3.8) is 0 Å². The molecule has 0 aliphatic heterocycles. The second-order valence-electron chi connectivity index (χ2n) is 9.22. The molecule has 172 valence electrons. The highest BCUT2D eigenvalue weighted by Crippen LogP contribution is 2.46. The molecule has 0 amide bonds. The van der Waals surface area contributed by atoms with Gasteiger partial charge in [0, 0.05) is 6.20 Å². The van der Waals surface area contributed by atoms with Crippen LogP contribution in [0.25, 0.3) is 0 Å². The van der Waals surface area contributed by atoms with Crippen molar-refractivity contribution < 1.29 is 31.3 Å². The zero-order valence-electron chi connectivity index (χ0n) is 18.9. The van der Waals surface area contributed by atoms with Crippen molar-refractivity contribution in [1.82, 2.24) is 4.98 Å². The van der Waals surface area contributed by atoms with Crippen molar-refractivity contribution in [2.45, 2.75) is 37.8 Å². The third-order valence-electron chi connectivity index (χ3n) is 6.33. The SMILES string of the molecule is C[N+](C)(CCOc1ccccc1)Cc1cnc(C(O)(c2ccccc2)C2CCCC2)s1.[Br-]. The minimum Gasteiger partial charge on any atom is -1.00 e. The van der Waals surface area contributed by atoms with E-state index in [9.17, 15) is 5.11 Å². The van der Waals surface area contributed by atoms with E-state index in [2.05, 4.69) is 14.1 Å². The number of aromatic nitrogens is 1. The average Bonchev–Trinajstić information content (AvgIpc) is 3.47. The van der Waals surface area contributed by atoms with E-state index in [1.807, 2.05) is 66.9 Å². The van der Waals surface area contributed by atoms with Crippen LogP contribution in [0.1, 0.15) is 41.1 Å². The molecule has 1 aliphatic carbocycles. The predicted molar refractivity (Wildman–Crippen MR) is 126 cm³/mol. The summed E-state index contributed by atoms with van der Waals surface area (Å²) in [6, 6.07) is 20.1. The molecule has 2 aromatic carbocycles. The summed E-state index contributed by atoms with van der Waals surface area (Å²) in [5.41, 5.74) is -0.0263. The van der Waals surface area contributed by atoms with Gasteiger partial charge in [-0.15, -0.1) is 11.3 Å². The maximum absolute atomic E-state index is 12.0. The van der Waals surface area contributed by atoms with E-state index in [1.54, 1.807) is 11.3 Å². The molecular weight excluding hydrogens is 484 g/mol. The number of likely N-dealkylation sites (N-methyl/N-ethyl adjacent to an activating group) is 1. The normalized spacial score (nSPS) is 16.3. The molecule has 1 heterocycles. The van der Waals surface area contributed by atoms with Crippen LogP contribution in [0.5, 0.6) is 5.75 Å². The van der Waals surface area contributed by atoms with Gasteiger partial charge in [-0.1, -0.05) is 61.4 Å². The van der Waals surface area contributed by atoms with E-state index in [-0.39, 0.29) is 22.9 Å². The Bertz CT molecular complexity index is 958. The van der Waals surface area contributed by atoms with Gasteiger partial charge in [-0.05, 0) is 36.5 Å². The van der Waals surface area contributed by atoms with Gasteiger partial charge in [0.2, 0.25) is 0 Å². The smallest absolute Gasteiger partial charge is 0.144 e. The molecule has 1 fully saturated rings. The van der Waals surface area contributed by atoms with Gasteiger partial charge in [-0.25, -0.2) is 4.98 Å². The largest absolute Gasteiger partial charge is 1.00 e. The molecule has 4 rings (SSSR count). The van der Waals surface area contributed by atoms with Crippen molar-refractivity contribution in [1.29, 1.82) is 0 Å². The Kier molecular flexibility index (Phi) is 8.50.